The summed E-state index contributed by atoms with van der Waals surface area (Å²) in [5.74, 6) is 1.92. The Morgan fingerprint density at radius 1 is 1.12 bits per heavy atom. The van der Waals surface area contributed by atoms with Gasteiger partial charge in [-0.1, -0.05) is 0 Å². The highest BCUT2D eigenvalue weighted by Crippen LogP contribution is 2.18. The third kappa shape index (κ3) is 8.32. The lowest BCUT2D eigenvalue weighted by Crippen LogP contribution is -2.41. The van der Waals surface area contributed by atoms with Gasteiger partial charge < -0.3 is 20.4 Å². The van der Waals surface area contributed by atoms with Crippen LogP contribution in [0.3, 0.4) is 0 Å². The maximum absolute atomic E-state index is 12.8. The molecule has 1 aromatic carbocycles. The number of carbonyl (C=O) groups excluding carboxylic acids is 1. The number of rotatable bonds is 11. The second kappa shape index (κ2) is 11.7. The molecule has 15 heteroatoms. The van der Waals surface area contributed by atoms with Crippen LogP contribution in [0.15, 0.2) is 49.5 Å². The van der Waals surface area contributed by atoms with E-state index in [1.54, 1.807) is 11.8 Å². The second-order valence-electron chi connectivity index (χ2n) is 7.37. The number of nitrogens with two attached hydrogens (primary N) is 2. The summed E-state index contributed by atoms with van der Waals surface area (Å²) in [5.41, 5.74) is 4.87. The molecule has 6 N–H and O–H groups in total. The molecule has 2 rings (SSSR count). The van der Waals surface area contributed by atoms with E-state index in [2.05, 4.69) is 15.0 Å². The Balaban J connectivity index is 1.97. The average Bonchev–Trinajstić information content (AvgIpc) is 3.17. The number of hydrogen-bond donors (Lipinski definition) is 4. The number of nitrogens with one attached hydrogen (secondary N) is 2. The highest BCUT2D eigenvalue weighted by atomic mass is 32.2. The van der Waals surface area contributed by atoms with Crippen LogP contribution in [-0.2, 0) is 32.3 Å². The molecule has 2 aromatic rings. The van der Waals surface area contributed by atoms with Crippen molar-refractivity contribution in [3.05, 3.63) is 47.4 Å². The van der Waals surface area contributed by atoms with Crippen molar-refractivity contribution < 1.29 is 26.0 Å². The lowest BCUT2D eigenvalue weighted by Gasteiger charge is -2.13. The van der Waals surface area contributed by atoms with Crippen molar-refractivity contribution in [3.8, 4) is 0 Å². The molecule has 1 amide bonds. The zero-order chi connectivity index (χ0) is 25.5. The van der Waals surface area contributed by atoms with Gasteiger partial charge in [-0.3, -0.25) is 9.79 Å². The minimum absolute atomic E-state index is 0.0616. The van der Waals surface area contributed by atoms with Crippen molar-refractivity contribution in [2.45, 2.75) is 22.1 Å². The van der Waals surface area contributed by atoms with Gasteiger partial charge in [0.05, 0.1) is 22.1 Å². The van der Waals surface area contributed by atoms with Crippen LogP contribution in [0.4, 0.5) is 0 Å². The molecule has 0 spiro atoms. The van der Waals surface area contributed by atoms with E-state index in [0.29, 0.717) is 24.6 Å². The predicted molar refractivity (Wildman–Crippen MR) is 130 cm³/mol. The molecular formula is C19H28N6O6S3. The first-order valence-electron chi connectivity index (χ1n) is 9.83. The Morgan fingerprint density at radius 3 is 2.35 bits per heavy atom. The molecule has 12 nitrogen and oxygen atoms in total. The Morgan fingerprint density at radius 2 is 1.76 bits per heavy atom. The number of amides is 1. The van der Waals surface area contributed by atoms with Gasteiger partial charge in [0.2, 0.25) is 21.9 Å². The van der Waals surface area contributed by atoms with E-state index in [-0.39, 0.29) is 11.5 Å². The fourth-order valence-corrected chi connectivity index (χ4v) is 5.20. The van der Waals surface area contributed by atoms with E-state index in [0.717, 1.165) is 29.7 Å². The molecule has 0 atom stereocenters. The fourth-order valence-electron chi connectivity index (χ4n) is 2.69. The summed E-state index contributed by atoms with van der Waals surface area (Å²) in [5, 5.41) is 7.94. The minimum atomic E-state index is -4.30. The van der Waals surface area contributed by atoms with Gasteiger partial charge in [0, 0.05) is 24.9 Å². The summed E-state index contributed by atoms with van der Waals surface area (Å²) >= 11 is 1.58. The third-order valence-corrected chi connectivity index (χ3v) is 7.42. The summed E-state index contributed by atoms with van der Waals surface area (Å²) in [6, 6.07) is 6.54. The van der Waals surface area contributed by atoms with Crippen LogP contribution in [0.2, 0.25) is 0 Å². The highest BCUT2D eigenvalue weighted by molar-refractivity contribution is 7.98. The average molecular weight is 533 g/mol. The smallest absolute Gasteiger partial charge is 0.264 e. The molecule has 0 bridgehead atoms. The topological polar surface area (TPSA) is 190 Å². The number of primary sulfonamides is 1. The number of hydrogen-bond acceptors (Lipinski definition) is 9. The van der Waals surface area contributed by atoms with Gasteiger partial charge >= 0.3 is 0 Å². The van der Waals surface area contributed by atoms with Crippen molar-refractivity contribution in [3.63, 3.8) is 0 Å². The van der Waals surface area contributed by atoms with Gasteiger partial charge in [0.1, 0.15) is 11.5 Å². The number of guanidine groups is 1. The maximum Gasteiger partial charge on any atom is 0.264 e. The summed E-state index contributed by atoms with van der Waals surface area (Å²) in [7, 11) is -3.29. The number of thioether (sulfide) groups is 1. The standard InChI is InChI=1S/C19H28N6O6S3/c1-22-19(23-6-7-32-12-15-5-4-14(31-15)11-25(2)3)24-34(29,30)17-9-13(18(20)26)8-16(10-17)33(21,27)28/h4-5,8-10H,6-7,11-12H2,1-3H3,(H2,20,26)(H2,21,27,28)(H2,22,23,24). The van der Waals surface area contributed by atoms with Crippen LogP contribution >= 0.6 is 11.8 Å². The SMILES string of the molecule is CN=C(NCCSCc1ccc(CN(C)C)o1)NS(=O)(=O)c1cc(C(N)=O)cc(S(N)(=O)=O)c1. The van der Waals surface area contributed by atoms with Gasteiger partial charge in [0.25, 0.3) is 10.0 Å². The van der Waals surface area contributed by atoms with Crippen LogP contribution in [-0.4, -0.2) is 67.0 Å². The Kier molecular flexibility index (Phi) is 9.52. The van der Waals surface area contributed by atoms with Crippen LogP contribution < -0.4 is 20.9 Å². The summed E-state index contributed by atoms with van der Waals surface area (Å²) in [6.45, 7) is 1.10. The number of sulfonamides is 2. The highest BCUT2D eigenvalue weighted by Gasteiger charge is 2.22. The van der Waals surface area contributed by atoms with E-state index < -0.39 is 35.7 Å². The molecular weight excluding hydrogens is 504 g/mol. The predicted octanol–water partition coefficient (Wildman–Crippen LogP) is -0.125. The summed E-state index contributed by atoms with van der Waals surface area (Å²) < 4.78 is 56.9. The van der Waals surface area contributed by atoms with Gasteiger partial charge in [-0.15, -0.1) is 0 Å². The lowest BCUT2D eigenvalue weighted by atomic mass is 10.2. The van der Waals surface area contributed by atoms with Crippen molar-refractivity contribution in [2.24, 2.45) is 15.9 Å². The molecule has 34 heavy (non-hydrogen) atoms. The molecule has 0 fully saturated rings. The lowest BCUT2D eigenvalue weighted by molar-refractivity contribution is 0.1000. The minimum Gasteiger partial charge on any atom is -0.464 e. The van der Waals surface area contributed by atoms with Gasteiger partial charge in [0.15, 0.2) is 0 Å². The van der Waals surface area contributed by atoms with Crippen molar-refractivity contribution >= 4 is 43.7 Å². The number of aliphatic imine (C=N–C) groups is 1. The van der Waals surface area contributed by atoms with E-state index in [1.807, 2.05) is 31.1 Å². The van der Waals surface area contributed by atoms with Crippen LogP contribution in [0, 0.1) is 0 Å². The van der Waals surface area contributed by atoms with E-state index >= 15 is 0 Å². The molecule has 0 saturated carbocycles. The van der Waals surface area contributed by atoms with Crippen LogP contribution in [0.25, 0.3) is 0 Å². The molecule has 0 aliphatic heterocycles. The summed E-state index contributed by atoms with van der Waals surface area (Å²) in [4.78, 5) is 16.3. The number of nitrogens with zero attached hydrogens (tertiary/aromatic N) is 2. The van der Waals surface area contributed by atoms with Crippen molar-refractivity contribution in [1.82, 2.24) is 14.9 Å². The van der Waals surface area contributed by atoms with E-state index in [1.165, 1.54) is 7.05 Å². The Hall–Kier alpha value is -2.59. The molecule has 0 aliphatic rings. The fraction of sp³-hybridized carbons (Fsp3) is 0.368. The first kappa shape index (κ1) is 27.7. The summed E-state index contributed by atoms with van der Waals surface area (Å²) in [6.07, 6.45) is 0. The van der Waals surface area contributed by atoms with Crippen molar-refractivity contribution in [1.29, 1.82) is 0 Å². The van der Waals surface area contributed by atoms with Gasteiger partial charge in [-0.25, -0.2) is 26.7 Å². The molecule has 1 aromatic heterocycles. The quantitative estimate of drug-likeness (QED) is 0.173. The van der Waals surface area contributed by atoms with Crippen molar-refractivity contribution in [2.75, 3.05) is 33.4 Å². The second-order valence-corrected chi connectivity index (χ2v) is 11.7. The normalized spacial score (nSPS) is 12.7. The zero-order valence-corrected chi connectivity index (χ0v) is 21.4. The number of primary amides is 1. The third-order valence-electron chi connectivity index (χ3n) is 4.23. The van der Waals surface area contributed by atoms with Crippen LogP contribution in [0.5, 0.6) is 0 Å². The molecule has 0 unspecified atom stereocenters. The first-order valence-corrected chi connectivity index (χ1v) is 14.0. The molecule has 1 heterocycles. The Labute approximate surface area is 203 Å². The van der Waals surface area contributed by atoms with E-state index in [4.69, 9.17) is 15.3 Å². The molecule has 0 saturated heterocycles. The monoisotopic (exact) mass is 532 g/mol. The van der Waals surface area contributed by atoms with E-state index in [9.17, 15) is 21.6 Å². The first-order chi connectivity index (χ1) is 15.8. The zero-order valence-electron chi connectivity index (χ0n) is 18.9. The molecule has 0 aliphatic carbocycles. The van der Waals surface area contributed by atoms with Crippen LogP contribution in [0.1, 0.15) is 21.9 Å². The number of carbonyl (C=O) groups is 1. The molecule has 0 radical (unpaired) electrons. The number of benzene rings is 1. The largest absolute Gasteiger partial charge is 0.464 e. The van der Waals surface area contributed by atoms with Gasteiger partial charge in [-0.05, 0) is 44.4 Å². The number of furan rings is 1. The van der Waals surface area contributed by atoms with Gasteiger partial charge in [-0.2, -0.15) is 11.8 Å². The molecule has 188 valence electrons. The maximum atomic E-state index is 12.8. The Bertz CT molecular complexity index is 1260.